The number of nitrogens with one attached hydrogen (secondary N) is 2. The molecule has 1 unspecified atom stereocenters. The summed E-state index contributed by atoms with van der Waals surface area (Å²) in [6.07, 6.45) is 0. The van der Waals surface area contributed by atoms with Crippen LogP contribution in [0.5, 0.6) is 0 Å². The van der Waals surface area contributed by atoms with Crippen molar-refractivity contribution in [1.29, 1.82) is 0 Å². The van der Waals surface area contributed by atoms with Crippen LogP contribution in [-0.4, -0.2) is 41.7 Å². The zero-order valence-electron chi connectivity index (χ0n) is 12.1. The number of urea groups is 2. The highest BCUT2D eigenvalue weighted by atomic mass is 32.1. The van der Waals surface area contributed by atoms with E-state index in [1.165, 1.54) is 11.3 Å². The fourth-order valence-electron chi connectivity index (χ4n) is 2.34. The third-order valence-corrected chi connectivity index (χ3v) is 5.01. The molecule has 1 aromatic heterocycles. The second kappa shape index (κ2) is 5.58. The molecule has 4 amide bonds. The summed E-state index contributed by atoms with van der Waals surface area (Å²) in [5, 5.41) is 16.9. The lowest BCUT2D eigenvalue weighted by molar-refractivity contribution is 0.0620. The second-order valence-electron chi connectivity index (χ2n) is 5.46. The van der Waals surface area contributed by atoms with Crippen molar-refractivity contribution in [2.24, 2.45) is 0 Å². The Morgan fingerprint density at radius 1 is 1.50 bits per heavy atom. The van der Waals surface area contributed by atoms with Gasteiger partial charge in [-0.2, -0.15) is 0 Å². The van der Waals surface area contributed by atoms with Crippen molar-refractivity contribution in [1.82, 2.24) is 15.5 Å². The van der Waals surface area contributed by atoms with Crippen LogP contribution in [-0.2, 0) is 5.60 Å². The van der Waals surface area contributed by atoms with Crippen molar-refractivity contribution < 1.29 is 14.7 Å². The van der Waals surface area contributed by atoms with Gasteiger partial charge in [-0.3, -0.25) is 0 Å². The Kier molecular flexibility index (Phi) is 3.76. The lowest BCUT2D eigenvalue weighted by Crippen LogP contribution is -2.46. The summed E-state index contributed by atoms with van der Waals surface area (Å²) in [5.74, 6) is 0. The third kappa shape index (κ3) is 2.77. The van der Waals surface area contributed by atoms with Gasteiger partial charge in [-0.25, -0.2) is 14.5 Å². The van der Waals surface area contributed by atoms with Gasteiger partial charge in [0.05, 0.1) is 6.54 Å². The fraction of sp³-hybridized carbons (Fsp3) is 0.333. The van der Waals surface area contributed by atoms with E-state index in [4.69, 9.17) is 0 Å². The van der Waals surface area contributed by atoms with Crippen molar-refractivity contribution in [3.8, 4) is 0 Å². The summed E-state index contributed by atoms with van der Waals surface area (Å²) in [6.45, 7) is 2.50. The molecule has 0 saturated carbocycles. The number of hydrogen-bond acceptors (Lipinski definition) is 4. The minimum Gasteiger partial charge on any atom is -0.383 e. The van der Waals surface area contributed by atoms with Crippen LogP contribution in [0.15, 0.2) is 30.3 Å². The van der Waals surface area contributed by atoms with Crippen LogP contribution in [0.1, 0.15) is 11.8 Å². The van der Waals surface area contributed by atoms with E-state index in [1.54, 1.807) is 6.92 Å². The maximum atomic E-state index is 12.0. The SMILES string of the molecule is CC(O)(CNC(=O)N1CCNC1=O)c1cc2ccccc2s1. The number of thiophene rings is 1. The van der Waals surface area contributed by atoms with Crippen molar-refractivity contribution in [2.45, 2.75) is 12.5 Å². The molecular formula is C15H17N3O3S. The molecule has 1 saturated heterocycles. The monoisotopic (exact) mass is 319 g/mol. The maximum absolute atomic E-state index is 12.0. The Morgan fingerprint density at radius 3 is 2.95 bits per heavy atom. The number of amides is 4. The first kappa shape index (κ1) is 14.8. The first-order valence-corrected chi connectivity index (χ1v) is 7.84. The van der Waals surface area contributed by atoms with Crippen molar-refractivity contribution in [3.63, 3.8) is 0 Å². The predicted octanol–water partition coefficient (Wildman–Crippen LogP) is 1.84. The predicted molar refractivity (Wildman–Crippen MR) is 84.9 cm³/mol. The van der Waals surface area contributed by atoms with E-state index in [0.29, 0.717) is 13.1 Å². The number of rotatable bonds is 3. The van der Waals surface area contributed by atoms with Gasteiger partial charge < -0.3 is 15.7 Å². The van der Waals surface area contributed by atoms with Crippen LogP contribution >= 0.6 is 11.3 Å². The second-order valence-corrected chi connectivity index (χ2v) is 6.55. The molecule has 0 spiro atoms. The van der Waals surface area contributed by atoms with Gasteiger partial charge in [0.1, 0.15) is 5.60 Å². The van der Waals surface area contributed by atoms with Crippen molar-refractivity contribution >= 4 is 33.5 Å². The van der Waals surface area contributed by atoms with Gasteiger partial charge in [0.15, 0.2) is 0 Å². The van der Waals surface area contributed by atoms with E-state index in [2.05, 4.69) is 10.6 Å². The molecule has 1 aromatic carbocycles. The summed E-state index contributed by atoms with van der Waals surface area (Å²) in [7, 11) is 0. The molecule has 0 radical (unpaired) electrons. The molecule has 116 valence electrons. The van der Waals surface area contributed by atoms with Gasteiger partial charge in [-0.15, -0.1) is 11.3 Å². The molecule has 2 heterocycles. The van der Waals surface area contributed by atoms with Gasteiger partial charge in [-0.1, -0.05) is 18.2 Å². The van der Waals surface area contributed by atoms with Crippen molar-refractivity contribution in [2.75, 3.05) is 19.6 Å². The van der Waals surface area contributed by atoms with Crippen LogP contribution in [0.25, 0.3) is 10.1 Å². The van der Waals surface area contributed by atoms with E-state index in [1.807, 2.05) is 30.3 Å². The number of benzene rings is 1. The summed E-state index contributed by atoms with van der Waals surface area (Å²) < 4.78 is 1.09. The van der Waals surface area contributed by atoms with Crippen LogP contribution in [0, 0.1) is 0 Å². The van der Waals surface area contributed by atoms with E-state index >= 15 is 0 Å². The highest BCUT2D eigenvalue weighted by molar-refractivity contribution is 7.19. The molecular weight excluding hydrogens is 302 g/mol. The summed E-state index contributed by atoms with van der Waals surface area (Å²) >= 11 is 1.49. The molecule has 0 bridgehead atoms. The normalized spacial score (nSPS) is 17.4. The minimum atomic E-state index is -1.18. The third-order valence-electron chi connectivity index (χ3n) is 3.64. The summed E-state index contributed by atoms with van der Waals surface area (Å²) in [4.78, 5) is 25.2. The highest BCUT2D eigenvalue weighted by Gasteiger charge is 2.30. The largest absolute Gasteiger partial charge is 0.383 e. The van der Waals surface area contributed by atoms with Crippen LogP contribution in [0.3, 0.4) is 0 Å². The Labute approximate surface area is 131 Å². The van der Waals surface area contributed by atoms with Gasteiger partial charge in [-0.05, 0) is 24.4 Å². The van der Waals surface area contributed by atoms with Crippen LogP contribution in [0.4, 0.5) is 9.59 Å². The smallest absolute Gasteiger partial charge is 0.325 e. The van der Waals surface area contributed by atoms with E-state index < -0.39 is 17.7 Å². The molecule has 1 fully saturated rings. The molecule has 7 heteroatoms. The van der Waals surface area contributed by atoms with Gasteiger partial charge in [0.25, 0.3) is 0 Å². The van der Waals surface area contributed by atoms with Gasteiger partial charge in [0.2, 0.25) is 0 Å². The Morgan fingerprint density at radius 2 is 2.27 bits per heavy atom. The van der Waals surface area contributed by atoms with Crippen LogP contribution < -0.4 is 10.6 Å². The average molecular weight is 319 g/mol. The minimum absolute atomic E-state index is 0.0441. The lowest BCUT2D eigenvalue weighted by Gasteiger charge is -2.23. The molecule has 1 atom stereocenters. The number of fused-ring (bicyclic) bond motifs is 1. The zero-order valence-corrected chi connectivity index (χ0v) is 12.9. The Bertz CT molecular complexity index is 693. The highest BCUT2D eigenvalue weighted by Crippen LogP contribution is 2.32. The molecule has 2 aromatic rings. The first-order valence-electron chi connectivity index (χ1n) is 7.02. The number of carbonyl (C=O) groups excluding carboxylic acids is 2. The molecule has 0 aliphatic carbocycles. The maximum Gasteiger partial charge on any atom is 0.325 e. The number of nitrogens with zero attached hydrogens (tertiary/aromatic N) is 1. The Balaban J connectivity index is 1.70. The number of hydrogen-bond donors (Lipinski definition) is 3. The Hall–Kier alpha value is -2.12. The van der Waals surface area contributed by atoms with E-state index in [-0.39, 0.29) is 6.54 Å². The fourth-order valence-corrected chi connectivity index (χ4v) is 3.45. The molecule has 22 heavy (non-hydrogen) atoms. The first-order chi connectivity index (χ1) is 10.5. The van der Waals surface area contributed by atoms with Gasteiger partial charge >= 0.3 is 12.1 Å². The van der Waals surface area contributed by atoms with Gasteiger partial charge in [0, 0.05) is 22.7 Å². The molecule has 3 N–H and O–H groups in total. The molecule has 1 aliphatic heterocycles. The van der Waals surface area contributed by atoms with Crippen LogP contribution in [0.2, 0.25) is 0 Å². The molecule has 1 aliphatic rings. The number of aliphatic hydroxyl groups is 1. The lowest BCUT2D eigenvalue weighted by atomic mass is 10.0. The summed E-state index contributed by atoms with van der Waals surface area (Å²) in [5.41, 5.74) is -1.18. The molecule has 3 rings (SSSR count). The standard InChI is InChI=1S/C15H17N3O3S/c1-15(21,9-17-14(20)18-7-6-16-13(18)19)12-8-10-4-2-3-5-11(10)22-12/h2-5,8,21H,6-7,9H2,1H3,(H,16,19)(H,17,20). The van der Waals surface area contributed by atoms with E-state index in [9.17, 15) is 14.7 Å². The average Bonchev–Trinajstić information content (AvgIpc) is 3.11. The quantitative estimate of drug-likeness (QED) is 0.807. The topological polar surface area (TPSA) is 81.7 Å². The van der Waals surface area contributed by atoms with E-state index in [0.717, 1.165) is 19.9 Å². The summed E-state index contributed by atoms with van der Waals surface area (Å²) in [6, 6.07) is 8.90. The molecule has 6 nitrogen and oxygen atoms in total. The number of imide groups is 1. The zero-order chi connectivity index (χ0) is 15.7. The number of carbonyl (C=O) groups is 2. The van der Waals surface area contributed by atoms with Crippen molar-refractivity contribution in [3.05, 3.63) is 35.2 Å².